The summed E-state index contributed by atoms with van der Waals surface area (Å²) in [6.07, 6.45) is 0. The molecule has 1 aliphatic heterocycles. The zero-order valence-corrected chi connectivity index (χ0v) is 19.9. The molecular weight excluding hydrogens is 462 g/mol. The Hall–Kier alpha value is -4.11. The van der Waals surface area contributed by atoms with E-state index in [1.54, 1.807) is 0 Å². The van der Waals surface area contributed by atoms with Crippen molar-refractivity contribution in [3.63, 3.8) is 0 Å². The number of thioether (sulfide) groups is 1. The van der Waals surface area contributed by atoms with Crippen molar-refractivity contribution in [2.24, 2.45) is 5.10 Å². The van der Waals surface area contributed by atoms with Crippen LogP contribution >= 0.6 is 11.8 Å². The van der Waals surface area contributed by atoms with Crippen molar-refractivity contribution in [1.82, 2.24) is 20.2 Å². The summed E-state index contributed by atoms with van der Waals surface area (Å²) in [4.78, 5) is 12.6. The third kappa shape index (κ3) is 5.20. The van der Waals surface area contributed by atoms with E-state index in [-0.39, 0.29) is 11.7 Å². The van der Waals surface area contributed by atoms with Crippen molar-refractivity contribution < 1.29 is 14.3 Å². The summed E-state index contributed by atoms with van der Waals surface area (Å²) in [5.41, 5.74) is 6.01. The number of ether oxygens (including phenoxy) is 2. The molecule has 2 heterocycles. The van der Waals surface area contributed by atoms with Crippen molar-refractivity contribution in [1.29, 1.82) is 0 Å². The van der Waals surface area contributed by atoms with Gasteiger partial charge in [-0.1, -0.05) is 60.3 Å². The molecule has 1 aromatic heterocycles. The lowest BCUT2D eigenvalue weighted by molar-refractivity contribution is -0.118. The first kappa shape index (κ1) is 22.7. The van der Waals surface area contributed by atoms with Crippen molar-refractivity contribution >= 4 is 23.4 Å². The summed E-state index contributed by atoms with van der Waals surface area (Å²) < 4.78 is 13.1. The summed E-state index contributed by atoms with van der Waals surface area (Å²) in [5.74, 6) is 2.01. The molecule has 0 radical (unpaired) electrons. The zero-order chi connectivity index (χ0) is 24.0. The summed E-state index contributed by atoms with van der Waals surface area (Å²) >= 11 is 1.30. The molecule has 0 unspecified atom stereocenters. The average molecular weight is 486 g/mol. The number of hydrogen-bond acceptors (Lipinski definition) is 7. The number of aromatic nitrogens is 3. The lowest BCUT2D eigenvalue weighted by Gasteiger charge is -2.18. The van der Waals surface area contributed by atoms with Crippen LogP contribution in [-0.2, 0) is 4.79 Å². The third-order valence-corrected chi connectivity index (χ3v) is 6.25. The van der Waals surface area contributed by atoms with Crippen molar-refractivity contribution in [3.8, 4) is 28.6 Å². The van der Waals surface area contributed by atoms with E-state index >= 15 is 0 Å². The fourth-order valence-corrected chi connectivity index (χ4v) is 4.33. The van der Waals surface area contributed by atoms with Gasteiger partial charge in [-0.05, 0) is 37.3 Å². The van der Waals surface area contributed by atoms with Gasteiger partial charge in [0.15, 0.2) is 22.5 Å². The highest BCUT2D eigenvalue weighted by atomic mass is 32.2. The Bertz CT molecular complexity index is 1360. The number of nitrogens with zero attached hydrogens (tertiary/aromatic N) is 4. The molecule has 9 heteroatoms. The largest absolute Gasteiger partial charge is 0.486 e. The average Bonchev–Trinajstić information content (AvgIpc) is 3.35. The summed E-state index contributed by atoms with van der Waals surface area (Å²) in [6.45, 7) is 2.88. The van der Waals surface area contributed by atoms with Gasteiger partial charge in [-0.2, -0.15) is 5.10 Å². The molecule has 0 fully saturated rings. The number of rotatable bonds is 7. The molecule has 5 rings (SSSR count). The van der Waals surface area contributed by atoms with Crippen LogP contribution in [0.4, 0.5) is 0 Å². The number of hydrazone groups is 1. The molecule has 1 N–H and O–H groups in total. The van der Waals surface area contributed by atoms with Crippen LogP contribution < -0.4 is 14.9 Å². The molecule has 176 valence electrons. The van der Waals surface area contributed by atoms with Gasteiger partial charge in [0.2, 0.25) is 0 Å². The van der Waals surface area contributed by atoms with Crippen LogP contribution in [0.1, 0.15) is 12.5 Å². The Labute approximate surface area is 207 Å². The maximum absolute atomic E-state index is 12.6. The lowest BCUT2D eigenvalue weighted by atomic mass is 10.1. The maximum atomic E-state index is 12.6. The van der Waals surface area contributed by atoms with E-state index in [1.807, 2.05) is 90.4 Å². The van der Waals surface area contributed by atoms with Gasteiger partial charge in [-0.25, -0.2) is 5.43 Å². The third-order valence-electron chi connectivity index (χ3n) is 5.32. The number of amides is 1. The Morgan fingerprint density at radius 1 is 0.971 bits per heavy atom. The Kier molecular flexibility index (Phi) is 6.76. The van der Waals surface area contributed by atoms with Crippen LogP contribution in [0.5, 0.6) is 11.5 Å². The van der Waals surface area contributed by atoms with E-state index in [1.165, 1.54) is 11.8 Å². The first-order valence-corrected chi connectivity index (χ1v) is 12.1. The number of fused-ring (bicyclic) bond motifs is 1. The van der Waals surface area contributed by atoms with Crippen LogP contribution in [-0.4, -0.2) is 45.3 Å². The molecule has 0 aliphatic carbocycles. The zero-order valence-electron chi connectivity index (χ0n) is 19.0. The summed E-state index contributed by atoms with van der Waals surface area (Å²) in [7, 11) is 0. The van der Waals surface area contributed by atoms with Crippen LogP contribution in [0.2, 0.25) is 0 Å². The number of nitrogens with one attached hydrogen (secondary N) is 1. The number of carbonyl (C=O) groups excluding carboxylic acids is 1. The van der Waals surface area contributed by atoms with Gasteiger partial charge in [0.05, 0.1) is 11.5 Å². The molecule has 0 spiro atoms. The first-order chi connectivity index (χ1) is 17.2. The Balaban J connectivity index is 1.29. The molecule has 3 aromatic carbocycles. The van der Waals surface area contributed by atoms with Crippen molar-refractivity contribution in [2.45, 2.75) is 12.1 Å². The summed E-state index contributed by atoms with van der Waals surface area (Å²) in [5, 5.41) is 13.6. The van der Waals surface area contributed by atoms with E-state index in [2.05, 4.69) is 20.7 Å². The molecule has 0 bridgehead atoms. The second-order valence-corrected chi connectivity index (χ2v) is 8.66. The first-order valence-electron chi connectivity index (χ1n) is 11.1. The second kappa shape index (κ2) is 10.4. The maximum Gasteiger partial charge on any atom is 0.250 e. The normalized spacial score (nSPS) is 12.9. The summed E-state index contributed by atoms with van der Waals surface area (Å²) in [6, 6.07) is 25.3. The lowest BCUT2D eigenvalue weighted by Crippen LogP contribution is -2.21. The van der Waals surface area contributed by atoms with Gasteiger partial charge in [-0.3, -0.25) is 9.36 Å². The minimum Gasteiger partial charge on any atom is -0.486 e. The molecule has 0 saturated carbocycles. The molecular formula is C26H23N5O3S. The molecule has 1 aliphatic rings. The van der Waals surface area contributed by atoms with Crippen LogP contribution in [0.25, 0.3) is 17.1 Å². The highest BCUT2D eigenvalue weighted by Gasteiger charge is 2.17. The standard InChI is InChI=1S/C26H23N5O3S/c1-18(20-12-13-22-23(16-20)34-15-14-33-22)27-28-24(32)17-35-26-30-29-25(19-8-4-2-5-9-19)31(26)21-10-6-3-7-11-21/h2-13,16H,14-15,17H2,1H3,(H,28,32)/b27-18-. The minimum absolute atomic E-state index is 0.137. The molecule has 0 saturated heterocycles. The van der Waals surface area contributed by atoms with Gasteiger partial charge >= 0.3 is 0 Å². The minimum atomic E-state index is -0.240. The van der Waals surface area contributed by atoms with Gasteiger partial charge in [0.1, 0.15) is 13.2 Å². The monoisotopic (exact) mass is 485 g/mol. The smallest absolute Gasteiger partial charge is 0.250 e. The molecule has 4 aromatic rings. The number of para-hydroxylation sites is 1. The Morgan fingerprint density at radius 2 is 1.69 bits per heavy atom. The van der Waals surface area contributed by atoms with E-state index in [0.29, 0.717) is 41.4 Å². The van der Waals surface area contributed by atoms with Crippen molar-refractivity contribution in [3.05, 3.63) is 84.4 Å². The Morgan fingerprint density at radius 3 is 2.46 bits per heavy atom. The predicted octanol–water partition coefficient (Wildman–Crippen LogP) is 4.34. The molecule has 35 heavy (non-hydrogen) atoms. The molecule has 8 nitrogen and oxygen atoms in total. The number of hydrogen-bond donors (Lipinski definition) is 1. The highest BCUT2D eigenvalue weighted by molar-refractivity contribution is 7.99. The number of carbonyl (C=O) groups is 1. The van der Waals surface area contributed by atoms with Gasteiger partial charge in [-0.15, -0.1) is 10.2 Å². The van der Waals surface area contributed by atoms with Gasteiger partial charge < -0.3 is 9.47 Å². The van der Waals surface area contributed by atoms with Gasteiger partial charge in [0, 0.05) is 16.8 Å². The number of benzene rings is 3. The van der Waals surface area contributed by atoms with Crippen LogP contribution in [0.15, 0.2) is 89.1 Å². The van der Waals surface area contributed by atoms with Crippen LogP contribution in [0.3, 0.4) is 0 Å². The SMILES string of the molecule is C/C(=N/NC(=O)CSc1nnc(-c2ccccc2)n1-c1ccccc1)c1ccc2c(c1)OCCO2. The van der Waals surface area contributed by atoms with E-state index in [0.717, 1.165) is 16.8 Å². The molecule has 0 atom stereocenters. The highest BCUT2D eigenvalue weighted by Crippen LogP contribution is 2.31. The quantitative estimate of drug-likeness (QED) is 0.238. The van der Waals surface area contributed by atoms with Crippen molar-refractivity contribution in [2.75, 3.05) is 19.0 Å². The van der Waals surface area contributed by atoms with Gasteiger partial charge in [0.25, 0.3) is 5.91 Å². The second-order valence-electron chi connectivity index (χ2n) is 7.72. The molecule has 1 amide bonds. The van der Waals surface area contributed by atoms with Crippen LogP contribution in [0, 0.1) is 0 Å². The topological polar surface area (TPSA) is 90.6 Å². The van der Waals surface area contributed by atoms with E-state index < -0.39 is 0 Å². The predicted molar refractivity (Wildman–Crippen MR) is 135 cm³/mol. The fraction of sp³-hybridized carbons (Fsp3) is 0.154. The fourth-order valence-electron chi connectivity index (χ4n) is 3.59. The van der Waals surface area contributed by atoms with E-state index in [9.17, 15) is 4.79 Å². The van der Waals surface area contributed by atoms with E-state index in [4.69, 9.17) is 9.47 Å².